The van der Waals surface area contributed by atoms with Crippen LogP contribution in [0, 0.1) is 0 Å². The number of nitrogens with one attached hydrogen (secondary N) is 3. The summed E-state index contributed by atoms with van der Waals surface area (Å²) in [7, 11) is 1.67. The molecule has 0 bridgehead atoms. The molecule has 1 aliphatic rings. The number of ether oxygens (including phenoxy) is 1. The maximum Gasteiger partial charge on any atom is 0.226 e. The van der Waals surface area contributed by atoms with E-state index in [1.165, 1.54) is 0 Å². The molecule has 3 N–H and O–H groups in total. The Bertz CT molecular complexity index is 904. The second kappa shape index (κ2) is 5.60. The van der Waals surface area contributed by atoms with Crippen molar-refractivity contribution < 1.29 is 4.74 Å². The van der Waals surface area contributed by atoms with Crippen LogP contribution in [0.1, 0.15) is 18.7 Å². The lowest BCUT2D eigenvalue weighted by molar-refractivity contribution is 0.304. The first-order chi connectivity index (χ1) is 11.3. The highest BCUT2D eigenvalue weighted by Crippen LogP contribution is 2.25. The van der Waals surface area contributed by atoms with Crippen LogP contribution in [0.5, 0.6) is 0 Å². The van der Waals surface area contributed by atoms with Crippen LogP contribution >= 0.6 is 0 Å². The van der Waals surface area contributed by atoms with Gasteiger partial charge in [0.05, 0.1) is 18.8 Å². The number of rotatable bonds is 4. The zero-order chi connectivity index (χ0) is 15.6. The summed E-state index contributed by atoms with van der Waals surface area (Å²) in [6, 6.07) is 5.95. The molecular weight excluding hydrogens is 292 g/mol. The summed E-state index contributed by atoms with van der Waals surface area (Å²) in [5.41, 5.74) is 3.02. The number of nitrogens with zero attached hydrogens (tertiary/aromatic N) is 3. The summed E-state index contributed by atoms with van der Waals surface area (Å²) in [6.07, 6.45) is 7.71. The Morgan fingerprint density at radius 3 is 3.13 bits per heavy atom. The van der Waals surface area contributed by atoms with E-state index in [9.17, 15) is 0 Å². The third kappa shape index (κ3) is 2.68. The zero-order valence-corrected chi connectivity index (χ0v) is 12.6. The lowest BCUT2D eigenvalue weighted by Crippen LogP contribution is -1.96. The van der Waals surface area contributed by atoms with Gasteiger partial charge < -0.3 is 15.0 Å². The number of anilines is 2. The summed E-state index contributed by atoms with van der Waals surface area (Å²) in [6.45, 7) is 0. The van der Waals surface area contributed by atoms with Crippen LogP contribution in [0.25, 0.3) is 16.5 Å². The minimum Gasteiger partial charge on any atom is -0.497 e. The molecule has 0 saturated heterocycles. The minimum absolute atomic E-state index is 0.609. The maximum atomic E-state index is 5.28. The van der Waals surface area contributed by atoms with Gasteiger partial charge in [0, 0.05) is 16.6 Å². The molecule has 0 amide bonds. The zero-order valence-electron chi connectivity index (χ0n) is 12.6. The smallest absolute Gasteiger partial charge is 0.226 e. The monoisotopic (exact) mass is 308 g/mol. The van der Waals surface area contributed by atoms with Gasteiger partial charge in [-0.25, -0.2) is 0 Å². The number of fused-ring (bicyclic) bond motifs is 1. The Morgan fingerprint density at radius 1 is 1.26 bits per heavy atom. The lowest BCUT2D eigenvalue weighted by Gasteiger charge is -2.10. The molecule has 0 fully saturated rings. The van der Waals surface area contributed by atoms with Gasteiger partial charge in [-0.3, -0.25) is 5.10 Å². The van der Waals surface area contributed by atoms with Crippen LogP contribution in [0.15, 0.2) is 42.3 Å². The molecule has 0 atom stereocenters. The molecule has 0 aliphatic heterocycles. The van der Waals surface area contributed by atoms with Crippen LogP contribution in [-0.2, 0) is 4.74 Å². The van der Waals surface area contributed by atoms with Gasteiger partial charge in [0.25, 0.3) is 0 Å². The van der Waals surface area contributed by atoms with Crippen LogP contribution in [0.4, 0.5) is 11.6 Å². The van der Waals surface area contributed by atoms with Crippen molar-refractivity contribution in [1.82, 2.24) is 25.4 Å². The van der Waals surface area contributed by atoms with E-state index in [0.717, 1.165) is 46.6 Å². The molecule has 0 radical (unpaired) electrons. The SMILES string of the molecule is COC1=CCCC(c2nnc(Nc3ccc4[nH]ncc4c3)[nH]2)=C1. The minimum atomic E-state index is 0.609. The molecule has 2 aromatic heterocycles. The fourth-order valence-corrected chi connectivity index (χ4v) is 2.62. The van der Waals surface area contributed by atoms with Gasteiger partial charge in [-0.15, -0.1) is 10.2 Å². The molecule has 3 aromatic rings. The average Bonchev–Trinajstić information content (AvgIpc) is 3.24. The number of aromatic nitrogens is 5. The quantitative estimate of drug-likeness (QED) is 0.688. The van der Waals surface area contributed by atoms with E-state index in [2.05, 4.69) is 36.8 Å². The Labute approximate surface area is 132 Å². The predicted molar refractivity (Wildman–Crippen MR) is 88.1 cm³/mol. The molecule has 0 saturated carbocycles. The number of hydrogen-bond donors (Lipinski definition) is 3. The third-order valence-corrected chi connectivity index (χ3v) is 3.81. The molecule has 2 heterocycles. The number of hydrogen-bond acceptors (Lipinski definition) is 5. The molecule has 0 spiro atoms. The molecule has 23 heavy (non-hydrogen) atoms. The van der Waals surface area contributed by atoms with Crippen LogP contribution in [0.3, 0.4) is 0 Å². The van der Waals surface area contributed by atoms with E-state index < -0.39 is 0 Å². The molecule has 116 valence electrons. The van der Waals surface area contributed by atoms with Gasteiger partial charge in [-0.05, 0) is 43.2 Å². The summed E-state index contributed by atoms with van der Waals surface area (Å²) < 4.78 is 5.28. The molecule has 7 nitrogen and oxygen atoms in total. The molecule has 0 unspecified atom stereocenters. The molecule has 7 heteroatoms. The third-order valence-electron chi connectivity index (χ3n) is 3.81. The van der Waals surface area contributed by atoms with Crippen molar-refractivity contribution in [1.29, 1.82) is 0 Å². The van der Waals surface area contributed by atoms with Gasteiger partial charge in [0.2, 0.25) is 5.95 Å². The summed E-state index contributed by atoms with van der Waals surface area (Å²) in [5.74, 6) is 2.24. The van der Waals surface area contributed by atoms with Gasteiger partial charge in [0.15, 0.2) is 5.82 Å². The van der Waals surface area contributed by atoms with Crippen molar-refractivity contribution in [3.8, 4) is 0 Å². The largest absolute Gasteiger partial charge is 0.497 e. The summed E-state index contributed by atoms with van der Waals surface area (Å²) in [5, 5.41) is 19.6. The number of benzene rings is 1. The second-order valence-corrected chi connectivity index (χ2v) is 5.34. The molecule has 4 rings (SSSR count). The first kappa shape index (κ1) is 13.6. The highest BCUT2D eigenvalue weighted by atomic mass is 16.5. The van der Waals surface area contributed by atoms with E-state index in [1.807, 2.05) is 24.3 Å². The first-order valence-electron chi connectivity index (χ1n) is 7.40. The van der Waals surface area contributed by atoms with Crippen molar-refractivity contribution >= 4 is 28.1 Å². The van der Waals surface area contributed by atoms with Crippen LogP contribution < -0.4 is 5.32 Å². The molecule has 1 aromatic carbocycles. The standard InChI is InChI=1S/C16H16N6O/c1-23-13-4-2-3-10(8-13)15-19-16(22-21-15)18-12-5-6-14-11(7-12)9-17-20-14/h4-9H,2-3H2,1H3,(H,17,20)(H2,18,19,21,22). The Hall–Kier alpha value is -3.09. The molecular formula is C16H16N6O. The number of H-pyrrole nitrogens is 2. The van der Waals surface area contributed by atoms with Crippen molar-refractivity contribution in [2.24, 2.45) is 0 Å². The molecule has 1 aliphatic carbocycles. The van der Waals surface area contributed by atoms with Crippen LogP contribution in [-0.4, -0.2) is 32.5 Å². The number of methoxy groups -OCH3 is 1. The van der Waals surface area contributed by atoms with E-state index in [-0.39, 0.29) is 0 Å². The van der Waals surface area contributed by atoms with Gasteiger partial charge in [0.1, 0.15) is 5.76 Å². The predicted octanol–water partition coefficient (Wildman–Crippen LogP) is 3.13. The van der Waals surface area contributed by atoms with E-state index in [0.29, 0.717) is 5.95 Å². The van der Waals surface area contributed by atoms with Crippen LogP contribution in [0.2, 0.25) is 0 Å². The van der Waals surface area contributed by atoms with Crippen molar-refractivity contribution in [2.75, 3.05) is 12.4 Å². The van der Waals surface area contributed by atoms with Gasteiger partial charge in [-0.2, -0.15) is 5.10 Å². The van der Waals surface area contributed by atoms with E-state index in [4.69, 9.17) is 4.74 Å². The maximum absolute atomic E-state index is 5.28. The Kier molecular flexibility index (Phi) is 3.30. The van der Waals surface area contributed by atoms with Crippen molar-refractivity contribution in [3.63, 3.8) is 0 Å². The fourth-order valence-electron chi connectivity index (χ4n) is 2.62. The first-order valence-corrected chi connectivity index (χ1v) is 7.40. The fraction of sp³-hybridized carbons (Fsp3) is 0.188. The summed E-state index contributed by atoms with van der Waals surface area (Å²) >= 11 is 0. The topological polar surface area (TPSA) is 91.5 Å². The lowest BCUT2D eigenvalue weighted by atomic mass is 10.0. The number of aromatic amines is 2. The van der Waals surface area contributed by atoms with Gasteiger partial charge >= 0.3 is 0 Å². The number of allylic oxidation sites excluding steroid dienone is 3. The normalized spacial score (nSPS) is 14.5. The highest BCUT2D eigenvalue weighted by molar-refractivity contribution is 5.82. The van der Waals surface area contributed by atoms with Crippen molar-refractivity contribution in [2.45, 2.75) is 12.8 Å². The Morgan fingerprint density at radius 2 is 2.22 bits per heavy atom. The summed E-state index contributed by atoms with van der Waals surface area (Å²) in [4.78, 5) is 3.21. The van der Waals surface area contributed by atoms with E-state index >= 15 is 0 Å². The van der Waals surface area contributed by atoms with E-state index in [1.54, 1.807) is 13.3 Å². The van der Waals surface area contributed by atoms with Crippen molar-refractivity contribution in [3.05, 3.63) is 48.1 Å². The average molecular weight is 308 g/mol. The second-order valence-electron chi connectivity index (χ2n) is 5.34. The van der Waals surface area contributed by atoms with Gasteiger partial charge in [-0.1, -0.05) is 0 Å². The highest BCUT2D eigenvalue weighted by Gasteiger charge is 2.12. The Balaban J connectivity index is 1.56.